The Hall–Kier alpha value is -2.30. The fourth-order valence-corrected chi connectivity index (χ4v) is 7.41. The molecule has 0 spiro atoms. The number of carboxylic acids is 1. The van der Waals surface area contributed by atoms with E-state index in [1.165, 1.54) is 116 Å². The number of esters is 1. The van der Waals surface area contributed by atoms with Crippen LogP contribution in [0.1, 0.15) is 219 Å². The molecule has 0 aromatic heterocycles. The summed E-state index contributed by atoms with van der Waals surface area (Å²) in [5.41, 5.74) is 0. The molecule has 0 saturated heterocycles. The van der Waals surface area contributed by atoms with Crippen LogP contribution in [-0.2, 0) is 32.7 Å². The highest BCUT2D eigenvalue weighted by atomic mass is 31.2. The largest absolute Gasteiger partial charge is 0.480 e. The Bertz CT molecular complexity index is 1160. The molecular weight excluding hydrogens is 781 g/mol. The van der Waals surface area contributed by atoms with Crippen LogP contribution >= 0.6 is 7.82 Å². The number of carbonyl (C=O) groups is 3. The SMILES string of the molecule is CCCCC/C=C\C/C=C\CCCCCCCCCCCCCC(=O)OCC(O)COP(=O)(O)OCC(NC(=O)CCCCCCC/C=C\CCCCCCCC)C(=O)O. The Morgan fingerprint density at radius 2 is 0.917 bits per heavy atom. The first-order valence-electron chi connectivity index (χ1n) is 24.0. The monoisotopic (exact) mass is 870 g/mol. The van der Waals surface area contributed by atoms with Crippen molar-refractivity contribution >= 4 is 25.7 Å². The lowest BCUT2D eigenvalue weighted by Crippen LogP contribution is -2.43. The van der Waals surface area contributed by atoms with Crippen molar-refractivity contribution in [1.82, 2.24) is 5.32 Å². The number of phosphoric acid groups is 1. The summed E-state index contributed by atoms with van der Waals surface area (Å²) in [5, 5.41) is 21.9. The Morgan fingerprint density at radius 1 is 0.533 bits per heavy atom. The minimum Gasteiger partial charge on any atom is -0.480 e. The molecule has 0 fully saturated rings. The molecule has 1 amide bonds. The maximum absolute atomic E-state index is 12.3. The molecule has 0 aliphatic heterocycles. The molecule has 0 bridgehead atoms. The molecule has 0 saturated carbocycles. The summed E-state index contributed by atoms with van der Waals surface area (Å²) in [6.45, 7) is 2.57. The molecule has 11 nitrogen and oxygen atoms in total. The number of aliphatic hydroxyl groups is 1. The van der Waals surface area contributed by atoms with E-state index in [2.05, 4.69) is 55.6 Å². The number of unbranched alkanes of at least 4 members (excludes halogenated alkanes) is 25. The van der Waals surface area contributed by atoms with Gasteiger partial charge < -0.3 is 25.2 Å². The van der Waals surface area contributed by atoms with Crippen LogP contribution in [-0.4, -0.2) is 64.9 Å². The normalized spacial score (nSPS) is 13.9. The maximum atomic E-state index is 12.3. The number of phosphoric ester groups is 1. The van der Waals surface area contributed by atoms with E-state index in [1.807, 2.05) is 0 Å². The Morgan fingerprint density at radius 3 is 1.40 bits per heavy atom. The van der Waals surface area contributed by atoms with Gasteiger partial charge in [0.25, 0.3) is 0 Å². The van der Waals surface area contributed by atoms with Gasteiger partial charge in [0.2, 0.25) is 5.91 Å². The molecule has 0 aliphatic rings. The van der Waals surface area contributed by atoms with Crippen LogP contribution in [0.4, 0.5) is 0 Å². The van der Waals surface area contributed by atoms with E-state index in [4.69, 9.17) is 13.8 Å². The molecule has 12 heteroatoms. The fraction of sp³-hybridized carbons (Fsp3) is 0.812. The van der Waals surface area contributed by atoms with Gasteiger partial charge >= 0.3 is 19.8 Å². The van der Waals surface area contributed by atoms with Crippen molar-refractivity contribution in [3.63, 3.8) is 0 Å². The Balaban J connectivity index is 3.84. The minimum absolute atomic E-state index is 0.136. The van der Waals surface area contributed by atoms with Gasteiger partial charge in [-0.1, -0.05) is 172 Å². The van der Waals surface area contributed by atoms with E-state index in [9.17, 15) is 34.1 Å². The molecule has 4 N–H and O–H groups in total. The Kier molecular flexibility index (Phi) is 41.7. The van der Waals surface area contributed by atoms with Crippen LogP contribution < -0.4 is 5.32 Å². The average molecular weight is 870 g/mol. The van der Waals surface area contributed by atoms with Crippen LogP contribution in [0.5, 0.6) is 0 Å². The molecule has 3 unspecified atom stereocenters. The van der Waals surface area contributed by atoms with Gasteiger partial charge in [0.15, 0.2) is 6.04 Å². The third kappa shape index (κ3) is 42.4. The third-order valence-electron chi connectivity index (χ3n) is 10.4. The fourth-order valence-electron chi connectivity index (χ4n) is 6.63. The number of carbonyl (C=O) groups excluding carboxylic acids is 2. The molecule has 0 aromatic carbocycles. The standard InChI is InChI=1S/C48H88NO10P/c1-3-5-7-9-11-13-15-17-19-20-21-22-23-24-26-28-30-32-34-36-38-40-47(52)57-41-44(50)42-58-60(55,56)59-43-45(48(53)54)49-46(51)39-37-35-33-31-29-27-25-18-16-14-12-10-8-6-4-2/h11,13,17-19,25,44-45,50H,3-10,12,14-16,20-24,26-43H2,1-2H3,(H,49,51)(H,53,54)(H,55,56)/b13-11-,19-17-,25-18-. The summed E-state index contributed by atoms with van der Waals surface area (Å²) < 4.78 is 26.9. The van der Waals surface area contributed by atoms with Crippen molar-refractivity contribution in [2.45, 2.75) is 231 Å². The molecule has 3 atom stereocenters. The van der Waals surface area contributed by atoms with E-state index in [1.54, 1.807) is 0 Å². The highest BCUT2D eigenvalue weighted by Gasteiger charge is 2.28. The average Bonchev–Trinajstić information content (AvgIpc) is 3.22. The van der Waals surface area contributed by atoms with Crippen molar-refractivity contribution in [2.75, 3.05) is 19.8 Å². The molecule has 0 radical (unpaired) electrons. The number of carboxylic acid groups (broad SMARTS) is 1. The number of aliphatic hydroxyl groups excluding tert-OH is 1. The lowest BCUT2D eigenvalue weighted by atomic mass is 10.0. The van der Waals surface area contributed by atoms with E-state index in [-0.39, 0.29) is 12.8 Å². The zero-order valence-electron chi connectivity index (χ0n) is 38.0. The second-order valence-electron chi connectivity index (χ2n) is 16.3. The smallest absolute Gasteiger partial charge is 0.472 e. The van der Waals surface area contributed by atoms with Crippen molar-refractivity contribution in [3.8, 4) is 0 Å². The minimum atomic E-state index is -4.76. The van der Waals surface area contributed by atoms with Gasteiger partial charge in [-0.05, 0) is 70.6 Å². The second kappa shape index (κ2) is 43.4. The van der Waals surface area contributed by atoms with Gasteiger partial charge in [-0.3, -0.25) is 18.6 Å². The second-order valence-corrected chi connectivity index (χ2v) is 17.7. The zero-order valence-corrected chi connectivity index (χ0v) is 38.9. The highest BCUT2D eigenvalue weighted by Crippen LogP contribution is 2.43. The van der Waals surface area contributed by atoms with E-state index in [0.29, 0.717) is 12.8 Å². The first-order valence-corrected chi connectivity index (χ1v) is 25.5. The van der Waals surface area contributed by atoms with Crippen molar-refractivity contribution < 1.29 is 47.8 Å². The summed E-state index contributed by atoms with van der Waals surface area (Å²) >= 11 is 0. The van der Waals surface area contributed by atoms with Crippen LogP contribution in [0.3, 0.4) is 0 Å². The summed E-state index contributed by atoms with van der Waals surface area (Å²) in [5.74, 6) is -2.38. The number of allylic oxidation sites excluding steroid dienone is 6. The predicted molar refractivity (Wildman–Crippen MR) is 245 cm³/mol. The van der Waals surface area contributed by atoms with Gasteiger partial charge in [0, 0.05) is 12.8 Å². The number of aliphatic carboxylic acids is 1. The number of ether oxygens (including phenoxy) is 1. The molecule has 0 aromatic rings. The number of hydrogen-bond acceptors (Lipinski definition) is 8. The van der Waals surface area contributed by atoms with E-state index < -0.39 is 57.6 Å². The molecule has 350 valence electrons. The van der Waals surface area contributed by atoms with Gasteiger partial charge in [-0.15, -0.1) is 0 Å². The first kappa shape index (κ1) is 57.7. The Labute approximate surface area is 365 Å². The van der Waals surface area contributed by atoms with Gasteiger partial charge in [0.1, 0.15) is 12.7 Å². The molecule has 0 rings (SSSR count). The molecule has 0 aliphatic carbocycles. The van der Waals surface area contributed by atoms with E-state index in [0.717, 1.165) is 64.2 Å². The first-order chi connectivity index (χ1) is 29.1. The maximum Gasteiger partial charge on any atom is 0.472 e. The third-order valence-corrected chi connectivity index (χ3v) is 11.4. The van der Waals surface area contributed by atoms with Crippen molar-refractivity contribution in [3.05, 3.63) is 36.5 Å². The molecule has 60 heavy (non-hydrogen) atoms. The highest BCUT2D eigenvalue weighted by molar-refractivity contribution is 7.47. The van der Waals surface area contributed by atoms with Crippen LogP contribution in [0.15, 0.2) is 36.5 Å². The number of rotatable bonds is 45. The van der Waals surface area contributed by atoms with Crippen LogP contribution in [0.25, 0.3) is 0 Å². The number of nitrogens with one attached hydrogen (secondary N) is 1. The van der Waals surface area contributed by atoms with Gasteiger partial charge in [-0.25, -0.2) is 9.36 Å². The van der Waals surface area contributed by atoms with Gasteiger partial charge in [-0.2, -0.15) is 0 Å². The number of amides is 1. The summed E-state index contributed by atoms with van der Waals surface area (Å²) in [6, 6.07) is -1.55. The lowest BCUT2D eigenvalue weighted by Gasteiger charge is -2.18. The number of hydrogen-bond donors (Lipinski definition) is 4. The summed E-state index contributed by atoms with van der Waals surface area (Å²) in [7, 11) is -4.76. The van der Waals surface area contributed by atoms with Gasteiger partial charge in [0.05, 0.1) is 13.2 Å². The predicted octanol–water partition coefficient (Wildman–Crippen LogP) is 12.8. The summed E-state index contributed by atoms with van der Waals surface area (Å²) in [6.07, 6.45) is 47.3. The molecular formula is C48H88NO10P. The lowest BCUT2D eigenvalue weighted by molar-refractivity contribution is -0.147. The van der Waals surface area contributed by atoms with E-state index >= 15 is 0 Å². The topological polar surface area (TPSA) is 169 Å². The zero-order chi connectivity index (χ0) is 44.2. The van der Waals surface area contributed by atoms with Crippen molar-refractivity contribution in [1.29, 1.82) is 0 Å². The van der Waals surface area contributed by atoms with Crippen molar-refractivity contribution in [2.24, 2.45) is 0 Å². The summed E-state index contributed by atoms with van der Waals surface area (Å²) in [4.78, 5) is 46.0. The quantitative estimate of drug-likeness (QED) is 0.0200. The molecule has 0 heterocycles. The van der Waals surface area contributed by atoms with Crippen LogP contribution in [0, 0.1) is 0 Å². The van der Waals surface area contributed by atoms with Crippen LogP contribution in [0.2, 0.25) is 0 Å².